The monoisotopic (exact) mass is 577 g/mol. The standard InChI is InChI=1S/C33H33F2NO6/c1-22-10-17-28(32(35)31(22)34)42-19-3-2-18-41-26-15-12-23(13-16-26)11-14-24-6-4-8-27-25(7-5-9-29(37)38)20-36(33(24)27)21-30(39)40/h4,6,8,10-17,20H,2-3,5,7,9,18-19,21H2,1H3,(H,37,38)(H,39,40)/b14-11+. The fourth-order valence-electron chi connectivity index (χ4n) is 4.67. The van der Waals surface area contributed by atoms with Crippen LogP contribution in [0.1, 0.15) is 47.9 Å². The number of aromatic nitrogens is 1. The van der Waals surface area contributed by atoms with E-state index < -0.39 is 23.6 Å². The number of fused-ring (bicyclic) bond motifs is 1. The van der Waals surface area contributed by atoms with Crippen LogP contribution < -0.4 is 9.47 Å². The van der Waals surface area contributed by atoms with E-state index in [0.29, 0.717) is 38.0 Å². The van der Waals surface area contributed by atoms with E-state index in [4.69, 9.17) is 14.6 Å². The zero-order valence-electron chi connectivity index (χ0n) is 23.3. The van der Waals surface area contributed by atoms with Crippen LogP contribution in [0.25, 0.3) is 23.1 Å². The van der Waals surface area contributed by atoms with Gasteiger partial charge in [-0.3, -0.25) is 9.59 Å². The molecule has 9 heteroatoms. The Morgan fingerprint density at radius 1 is 0.857 bits per heavy atom. The Balaban J connectivity index is 1.33. The summed E-state index contributed by atoms with van der Waals surface area (Å²) in [5, 5.41) is 19.3. The van der Waals surface area contributed by atoms with Gasteiger partial charge in [-0.1, -0.05) is 48.6 Å². The lowest BCUT2D eigenvalue weighted by atomic mass is 10.0. The summed E-state index contributed by atoms with van der Waals surface area (Å²) in [5.74, 6) is -3.07. The molecule has 0 bridgehead atoms. The van der Waals surface area contributed by atoms with Gasteiger partial charge >= 0.3 is 11.9 Å². The van der Waals surface area contributed by atoms with E-state index in [9.17, 15) is 23.5 Å². The minimum atomic E-state index is -0.968. The van der Waals surface area contributed by atoms with Gasteiger partial charge in [0.2, 0.25) is 5.82 Å². The van der Waals surface area contributed by atoms with Crippen LogP contribution in [0.15, 0.2) is 60.8 Å². The fourth-order valence-corrected chi connectivity index (χ4v) is 4.67. The second kappa shape index (κ2) is 14.3. The number of hydrogen-bond donors (Lipinski definition) is 2. The lowest BCUT2D eigenvalue weighted by Crippen LogP contribution is -2.07. The Hall–Kier alpha value is -4.66. The molecule has 0 saturated heterocycles. The van der Waals surface area contributed by atoms with Crippen LogP contribution >= 0.6 is 0 Å². The highest BCUT2D eigenvalue weighted by molar-refractivity contribution is 5.94. The summed E-state index contributed by atoms with van der Waals surface area (Å²) >= 11 is 0. The van der Waals surface area contributed by atoms with E-state index in [0.717, 1.165) is 27.6 Å². The number of carbonyl (C=O) groups is 2. The summed E-state index contributed by atoms with van der Waals surface area (Å²) in [6.07, 6.45) is 8.03. The fraction of sp³-hybridized carbons (Fsp3) is 0.273. The van der Waals surface area contributed by atoms with Crippen molar-refractivity contribution in [2.45, 2.75) is 45.6 Å². The first-order valence-electron chi connectivity index (χ1n) is 13.8. The van der Waals surface area contributed by atoms with Crippen LogP contribution in [0.2, 0.25) is 0 Å². The predicted molar refractivity (Wildman–Crippen MR) is 157 cm³/mol. The van der Waals surface area contributed by atoms with Crippen LogP contribution in [0.5, 0.6) is 11.5 Å². The first-order chi connectivity index (χ1) is 20.2. The Morgan fingerprint density at radius 2 is 1.60 bits per heavy atom. The highest BCUT2D eigenvalue weighted by Crippen LogP contribution is 2.28. The van der Waals surface area contributed by atoms with Crippen molar-refractivity contribution in [3.8, 4) is 11.5 Å². The molecule has 4 rings (SSSR count). The van der Waals surface area contributed by atoms with E-state index in [1.54, 1.807) is 10.8 Å². The summed E-state index contributed by atoms with van der Waals surface area (Å²) in [4.78, 5) is 22.4. The van der Waals surface area contributed by atoms with Crippen LogP contribution in [0.4, 0.5) is 8.78 Å². The number of hydrogen-bond acceptors (Lipinski definition) is 4. The summed E-state index contributed by atoms with van der Waals surface area (Å²) < 4.78 is 40.3. The molecule has 0 atom stereocenters. The van der Waals surface area contributed by atoms with Crippen LogP contribution in [-0.2, 0) is 22.6 Å². The lowest BCUT2D eigenvalue weighted by Gasteiger charge is -2.09. The zero-order chi connectivity index (χ0) is 30.1. The second-order valence-corrected chi connectivity index (χ2v) is 9.98. The van der Waals surface area contributed by atoms with Gasteiger partial charge in [0.05, 0.1) is 18.7 Å². The number of rotatable bonds is 15. The largest absolute Gasteiger partial charge is 0.494 e. The zero-order valence-corrected chi connectivity index (χ0v) is 23.3. The van der Waals surface area contributed by atoms with Gasteiger partial charge in [-0.2, -0.15) is 4.39 Å². The number of benzene rings is 3. The SMILES string of the molecule is Cc1ccc(OCCCCOc2ccc(/C=C/c3cccc4c(CCCC(=O)O)cn(CC(=O)O)c34)cc2)c(F)c1F. The highest BCUT2D eigenvalue weighted by Gasteiger charge is 2.14. The molecular formula is C33H33F2NO6. The maximum absolute atomic E-state index is 13.9. The number of carboxylic acid groups (broad SMARTS) is 2. The average Bonchev–Trinajstić information content (AvgIpc) is 3.31. The summed E-state index contributed by atoms with van der Waals surface area (Å²) in [6, 6.07) is 16.2. The van der Waals surface area contributed by atoms with E-state index in [1.165, 1.54) is 19.1 Å². The third-order valence-electron chi connectivity index (χ3n) is 6.79. The molecule has 0 amide bonds. The smallest absolute Gasteiger partial charge is 0.323 e. The van der Waals surface area contributed by atoms with Gasteiger partial charge in [-0.15, -0.1) is 0 Å². The van der Waals surface area contributed by atoms with Gasteiger partial charge in [0.1, 0.15) is 12.3 Å². The molecule has 0 aliphatic heterocycles. The normalized spacial score (nSPS) is 11.3. The molecule has 42 heavy (non-hydrogen) atoms. The molecule has 2 N–H and O–H groups in total. The van der Waals surface area contributed by atoms with Crippen molar-refractivity contribution >= 4 is 35.0 Å². The molecule has 220 valence electrons. The number of nitrogens with zero attached hydrogens (tertiary/aromatic N) is 1. The molecule has 7 nitrogen and oxygen atoms in total. The number of aryl methyl sites for hydroxylation is 2. The summed E-state index contributed by atoms with van der Waals surface area (Å²) in [6.45, 7) is 2.00. The number of halogens is 2. The Kier molecular flexibility index (Phi) is 10.3. The number of carboxylic acids is 2. The first kappa shape index (κ1) is 30.3. The van der Waals surface area contributed by atoms with Gasteiger partial charge < -0.3 is 24.3 Å². The van der Waals surface area contributed by atoms with Gasteiger partial charge in [0.15, 0.2) is 11.6 Å². The van der Waals surface area contributed by atoms with Crippen molar-refractivity contribution < 1.29 is 38.1 Å². The van der Waals surface area contributed by atoms with Crippen LogP contribution in [0, 0.1) is 18.6 Å². The number of unbranched alkanes of at least 4 members (excludes halogenated alkanes) is 1. The summed E-state index contributed by atoms with van der Waals surface area (Å²) in [7, 11) is 0. The molecular weight excluding hydrogens is 544 g/mol. The Labute approximate surface area is 242 Å². The molecule has 1 heterocycles. The number of para-hydroxylation sites is 1. The van der Waals surface area contributed by atoms with Crippen molar-refractivity contribution in [2.24, 2.45) is 0 Å². The maximum Gasteiger partial charge on any atom is 0.323 e. The van der Waals surface area contributed by atoms with Crippen molar-refractivity contribution in [2.75, 3.05) is 13.2 Å². The summed E-state index contributed by atoms with van der Waals surface area (Å²) in [5.41, 5.74) is 3.73. The molecule has 0 spiro atoms. The molecule has 0 aliphatic carbocycles. The topological polar surface area (TPSA) is 98.0 Å². The molecule has 0 saturated carbocycles. The predicted octanol–water partition coefficient (Wildman–Crippen LogP) is 7.13. The van der Waals surface area contributed by atoms with E-state index in [1.807, 2.05) is 54.6 Å². The Bertz CT molecular complexity index is 1580. The van der Waals surface area contributed by atoms with Crippen molar-refractivity contribution in [1.82, 2.24) is 4.57 Å². The Morgan fingerprint density at radius 3 is 2.31 bits per heavy atom. The van der Waals surface area contributed by atoms with Gasteiger partial charge in [0.25, 0.3) is 0 Å². The number of ether oxygens (including phenoxy) is 2. The van der Waals surface area contributed by atoms with Crippen molar-refractivity contribution in [3.05, 3.63) is 94.7 Å². The van der Waals surface area contributed by atoms with Crippen molar-refractivity contribution in [3.63, 3.8) is 0 Å². The highest BCUT2D eigenvalue weighted by atomic mass is 19.2. The lowest BCUT2D eigenvalue weighted by molar-refractivity contribution is -0.138. The van der Waals surface area contributed by atoms with Crippen LogP contribution in [-0.4, -0.2) is 39.9 Å². The second-order valence-electron chi connectivity index (χ2n) is 9.98. The molecule has 3 aromatic carbocycles. The molecule has 1 aromatic heterocycles. The van der Waals surface area contributed by atoms with Gasteiger partial charge in [0, 0.05) is 18.0 Å². The van der Waals surface area contributed by atoms with Crippen molar-refractivity contribution in [1.29, 1.82) is 0 Å². The molecule has 0 unspecified atom stereocenters. The molecule has 4 aromatic rings. The quantitative estimate of drug-likeness (QED) is 0.115. The van der Waals surface area contributed by atoms with E-state index >= 15 is 0 Å². The molecule has 0 radical (unpaired) electrons. The number of aliphatic carboxylic acids is 2. The minimum absolute atomic E-state index is 0.0525. The maximum atomic E-state index is 13.9. The third kappa shape index (κ3) is 7.96. The van der Waals surface area contributed by atoms with E-state index in [-0.39, 0.29) is 30.9 Å². The van der Waals surface area contributed by atoms with E-state index in [2.05, 4.69) is 0 Å². The average molecular weight is 578 g/mol. The molecule has 0 aliphatic rings. The minimum Gasteiger partial charge on any atom is -0.494 e. The van der Waals surface area contributed by atoms with Crippen LogP contribution in [0.3, 0.4) is 0 Å². The third-order valence-corrected chi connectivity index (χ3v) is 6.79. The van der Waals surface area contributed by atoms with Gasteiger partial charge in [-0.25, -0.2) is 4.39 Å². The van der Waals surface area contributed by atoms with Gasteiger partial charge in [-0.05, 0) is 73.1 Å². The molecule has 0 fully saturated rings. The first-order valence-corrected chi connectivity index (χ1v) is 13.8.